The zero-order valence-electron chi connectivity index (χ0n) is 14.5. The van der Waals surface area contributed by atoms with Crippen LogP contribution in [0.5, 0.6) is 0 Å². The van der Waals surface area contributed by atoms with Crippen molar-refractivity contribution in [1.82, 2.24) is 0 Å². The molecule has 0 aromatic heterocycles. The number of aryl methyl sites for hydroxylation is 1. The molecule has 1 unspecified atom stereocenters. The molecular formula is C19H12F10. The van der Waals surface area contributed by atoms with E-state index >= 15 is 0 Å². The van der Waals surface area contributed by atoms with Gasteiger partial charge in [0, 0.05) is 5.56 Å². The highest BCUT2D eigenvalue weighted by molar-refractivity contribution is 5.62. The van der Waals surface area contributed by atoms with Crippen molar-refractivity contribution in [2.75, 3.05) is 0 Å². The van der Waals surface area contributed by atoms with Crippen LogP contribution in [0.2, 0.25) is 0 Å². The number of allylic oxidation sites excluding steroid dienone is 1. The number of hydrogen-bond acceptors (Lipinski definition) is 0. The number of halogens is 10. The van der Waals surface area contributed by atoms with Gasteiger partial charge in [-0.1, -0.05) is 19.1 Å². The summed E-state index contributed by atoms with van der Waals surface area (Å²) in [5.41, 5.74) is -3.36. The molecule has 0 saturated carbocycles. The molecule has 0 radical (unpaired) electrons. The Labute approximate surface area is 158 Å². The zero-order valence-corrected chi connectivity index (χ0v) is 14.5. The Morgan fingerprint density at radius 3 is 1.93 bits per heavy atom. The van der Waals surface area contributed by atoms with E-state index in [4.69, 9.17) is 0 Å². The van der Waals surface area contributed by atoms with Crippen LogP contribution in [0, 0.1) is 17.5 Å². The van der Waals surface area contributed by atoms with Crippen LogP contribution in [0.15, 0.2) is 36.4 Å². The van der Waals surface area contributed by atoms with E-state index in [1.807, 2.05) is 0 Å². The minimum atomic E-state index is -5.26. The molecule has 0 nitrogen and oxygen atoms in total. The summed E-state index contributed by atoms with van der Waals surface area (Å²) in [5, 5.41) is 0. The van der Waals surface area contributed by atoms with Crippen LogP contribution < -0.4 is 0 Å². The van der Waals surface area contributed by atoms with Gasteiger partial charge in [-0.15, -0.1) is 0 Å². The maximum Gasteiger partial charge on any atom is 0.416 e. The van der Waals surface area contributed by atoms with Crippen LogP contribution in [0.3, 0.4) is 0 Å². The summed E-state index contributed by atoms with van der Waals surface area (Å²) >= 11 is 0. The Morgan fingerprint density at radius 1 is 0.931 bits per heavy atom. The van der Waals surface area contributed by atoms with Gasteiger partial charge in [-0.05, 0) is 41.8 Å². The first-order chi connectivity index (χ1) is 13.3. The van der Waals surface area contributed by atoms with Gasteiger partial charge in [0.2, 0.25) is 0 Å². The fraction of sp³-hybridized carbons (Fsp3) is 0.263. The van der Waals surface area contributed by atoms with Crippen molar-refractivity contribution in [2.45, 2.75) is 31.6 Å². The van der Waals surface area contributed by atoms with E-state index < -0.39 is 58.2 Å². The van der Waals surface area contributed by atoms with Crippen LogP contribution >= 0.6 is 0 Å². The van der Waals surface area contributed by atoms with Gasteiger partial charge in [-0.2, -0.15) is 26.3 Å². The number of hydrogen-bond donors (Lipinski definition) is 0. The van der Waals surface area contributed by atoms with E-state index in [1.54, 1.807) is 0 Å². The molecule has 2 aromatic rings. The fourth-order valence-corrected chi connectivity index (χ4v) is 2.67. The van der Waals surface area contributed by atoms with Gasteiger partial charge in [-0.25, -0.2) is 17.6 Å². The highest BCUT2D eigenvalue weighted by atomic mass is 19.4. The van der Waals surface area contributed by atoms with Gasteiger partial charge in [0.1, 0.15) is 11.7 Å². The van der Waals surface area contributed by atoms with Gasteiger partial charge < -0.3 is 0 Å². The van der Waals surface area contributed by atoms with E-state index in [-0.39, 0.29) is 30.2 Å². The SMILES string of the molecule is CCc1ccc(/C(F)=C/C(c2cc(F)c(F)c(F)c2)C(F)(F)F)cc1C(F)(F)F. The molecule has 0 aliphatic rings. The van der Waals surface area contributed by atoms with Crippen LogP contribution in [0.1, 0.15) is 35.1 Å². The predicted octanol–water partition coefficient (Wildman–Crippen LogP) is 7.34. The molecule has 0 saturated heterocycles. The van der Waals surface area contributed by atoms with Crippen molar-refractivity contribution in [2.24, 2.45) is 0 Å². The van der Waals surface area contributed by atoms with E-state index in [1.165, 1.54) is 6.92 Å². The second-order valence-electron chi connectivity index (χ2n) is 6.06. The third kappa shape index (κ3) is 5.10. The lowest BCUT2D eigenvalue weighted by atomic mass is 9.95. The number of alkyl halides is 6. The average Bonchev–Trinajstić information content (AvgIpc) is 2.61. The van der Waals surface area contributed by atoms with E-state index in [0.717, 1.165) is 12.1 Å². The molecule has 10 heteroatoms. The van der Waals surface area contributed by atoms with Gasteiger partial charge in [0.25, 0.3) is 0 Å². The molecule has 0 bridgehead atoms. The number of benzene rings is 2. The predicted molar refractivity (Wildman–Crippen MR) is 85.0 cm³/mol. The Kier molecular flexibility index (Phi) is 6.34. The van der Waals surface area contributed by atoms with Crippen molar-refractivity contribution in [1.29, 1.82) is 0 Å². The van der Waals surface area contributed by atoms with Crippen LogP contribution in [-0.2, 0) is 12.6 Å². The molecule has 1 atom stereocenters. The minimum Gasteiger partial charge on any atom is -0.207 e. The van der Waals surface area contributed by atoms with Crippen LogP contribution in [0.25, 0.3) is 5.83 Å². The summed E-state index contributed by atoms with van der Waals surface area (Å²) in [7, 11) is 0. The van der Waals surface area contributed by atoms with Gasteiger partial charge >= 0.3 is 12.4 Å². The van der Waals surface area contributed by atoms with Crippen molar-refractivity contribution in [3.63, 3.8) is 0 Å². The normalized spacial score (nSPS) is 14.2. The lowest BCUT2D eigenvalue weighted by molar-refractivity contribution is -0.140. The lowest BCUT2D eigenvalue weighted by Gasteiger charge is -2.18. The van der Waals surface area contributed by atoms with E-state index in [2.05, 4.69) is 0 Å². The van der Waals surface area contributed by atoms with E-state index in [9.17, 15) is 43.9 Å². The molecule has 0 N–H and O–H groups in total. The van der Waals surface area contributed by atoms with Crippen LogP contribution in [0.4, 0.5) is 43.9 Å². The smallest absolute Gasteiger partial charge is 0.207 e. The second-order valence-corrected chi connectivity index (χ2v) is 6.06. The molecule has 0 amide bonds. The molecule has 0 aliphatic carbocycles. The molecule has 0 spiro atoms. The molecule has 0 fully saturated rings. The average molecular weight is 430 g/mol. The summed E-state index contributed by atoms with van der Waals surface area (Å²) in [6.07, 6.45) is -10.3. The molecule has 29 heavy (non-hydrogen) atoms. The molecule has 158 valence electrons. The maximum absolute atomic E-state index is 14.4. The monoisotopic (exact) mass is 430 g/mol. The van der Waals surface area contributed by atoms with Gasteiger partial charge in [0.05, 0.1) is 5.56 Å². The summed E-state index contributed by atoms with van der Waals surface area (Å²) in [6.45, 7) is 1.41. The first kappa shape index (κ1) is 22.8. The first-order valence-corrected chi connectivity index (χ1v) is 8.04. The summed E-state index contributed by atoms with van der Waals surface area (Å²) in [5.74, 6) is -10.5. The Bertz CT molecular complexity index is 899. The topological polar surface area (TPSA) is 0 Å². The Morgan fingerprint density at radius 2 is 1.48 bits per heavy atom. The van der Waals surface area contributed by atoms with Crippen molar-refractivity contribution in [3.8, 4) is 0 Å². The highest BCUT2D eigenvalue weighted by Crippen LogP contribution is 2.40. The third-order valence-electron chi connectivity index (χ3n) is 4.10. The first-order valence-electron chi connectivity index (χ1n) is 8.04. The lowest BCUT2D eigenvalue weighted by Crippen LogP contribution is -2.20. The third-order valence-corrected chi connectivity index (χ3v) is 4.10. The van der Waals surface area contributed by atoms with Crippen molar-refractivity contribution >= 4 is 5.83 Å². The fourth-order valence-electron chi connectivity index (χ4n) is 2.67. The standard InChI is InChI=1S/C19H12F10/c1-2-9-3-4-10(5-12(9)18(24,25)26)14(20)8-13(19(27,28)29)11-6-15(21)17(23)16(22)7-11/h3-8,13H,2H2,1H3/b14-8-. The molecular weight excluding hydrogens is 418 g/mol. The highest BCUT2D eigenvalue weighted by Gasteiger charge is 2.41. The minimum absolute atomic E-state index is 0.0433. The molecule has 2 rings (SSSR count). The second kappa shape index (κ2) is 8.08. The largest absolute Gasteiger partial charge is 0.416 e. The quantitative estimate of drug-likeness (QED) is 0.352. The zero-order chi connectivity index (χ0) is 22.1. The summed E-state index contributed by atoms with van der Waals surface area (Å²) in [4.78, 5) is 0. The van der Waals surface area contributed by atoms with E-state index in [0.29, 0.717) is 6.07 Å². The molecule has 0 aliphatic heterocycles. The summed E-state index contributed by atoms with van der Waals surface area (Å²) in [6, 6.07) is 2.22. The molecule has 0 heterocycles. The summed E-state index contributed by atoms with van der Waals surface area (Å²) < 4.78 is 133. The maximum atomic E-state index is 14.4. The number of rotatable bonds is 4. The van der Waals surface area contributed by atoms with Crippen molar-refractivity contribution in [3.05, 3.63) is 76.1 Å². The van der Waals surface area contributed by atoms with Gasteiger partial charge in [-0.3, -0.25) is 0 Å². The van der Waals surface area contributed by atoms with Crippen molar-refractivity contribution < 1.29 is 43.9 Å². The Hall–Kier alpha value is -2.52. The van der Waals surface area contributed by atoms with Crippen LogP contribution in [-0.4, -0.2) is 6.18 Å². The van der Waals surface area contributed by atoms with Gasteiger partial charge in [0.15, 0.2) is 17.5 Å². The molecule has 2 aromatic carbocycles. The Balaban J connectivity index is 2.58.